The van der Waals surface area contributed by atoms with Gasteiger partial charge in [-0.1, -0.05) is 119 Å². The van der Waals surface area contributed by atoms with Crippen LogP contribution < -0.4 is 0 Å². The molecule has 1 unspecified atom stereocenters. The van der Waals surface area contributed by atoms with Gasteiger partial charge in [-0.15, -0.1) is 0 Å². The van der Waals surface area contributed by atoms with Crippen LogP contribution in [0.3, 0.4) is 0 Å². The van der Waals surface area contributed by atoms with E-state index in [1.165, 1.54) is 146 Å². The number of hydrogen-bond acceptors (Lipinski definition) is 1. The maximum atomic E-state index is 13.6. The zero-order valence-corrected chi connectivity index (χ0v) is 23.3. The summed E-state index contributed by atoms with van der Waals surface area (Å²) in [7, 11) is 0. The maximum absolute atomic E-state index is 13.6. The minimum atomic E-state index is -0.408. The molecule has 1 heteroatoms. The standard InChI is InChI=1S/C34H56O/c1-30(31-23-17-11-5-2-6-12-18-24-31)34(29-35,32-25-19-13-7-3-8-14-20-26-32)33-27-21-15-9-4-10-16-22-28-33/h23,25,27,29-30H,2-22,24,26,28H2,1H3. The van der Waals surface area contributed by atoms with Crippen molar-refractivity contribution in [1.82, 2.24) is 0 Å². The lowest BCUT2D eigenvalue weighted by Gasteiger charge is -2.42. The van der Waals surface area contributed by atoms with Gasteiger partial charge in [-0.05, 0) is 83.0 Å². The first-order chi connectivity index (χ1) is 17.3. The Labute approximate surface area is 218 Å². The molecule has 3 aliphatic carbocycles. The van der Waals surface area contributed by atoms with Crippen molar-refractivity contribution in [3.8, 4) is 0 Å². The quantitative estimate of drug-likeness (QED) is 0.282. The summed E-state index contributed by atoms with van der Waals surface area (Å²) in [6, 6.07) is 0. The molecule has 1 nitrogen and oxygen atoms in total. The second kappa shape index (κ2) is 16.6. The first-order valence-electron chi connectivity index (χ1n) is 15.8. The van der Waals surface area contributed by atoms with Gasteiger partial charge in [0.2, 0.25) is 0 Å². The molecule has 0 fully saturated rings. The molecule has 0 aromatic heterocycles. The average Bonchev–Trinajstić information content (AvgIpc) is 2.90. The molecule has 3 rings (SSSR count). The highest BCUT2D eigenvalue weighted by molar-refractivity contribution is 5.73. The van der Waals surface area contributed by atoms with Crippen molar-refractivity contribution >= 4 is 6.29 Å². The van der Waals surface area contributed by atoms with Gasteiger partial charge < -0.3 is 4.79 Å². The molecule has 1 atom stereocenters. The van der Waals surface area contributed by atoms with Crippen LogP contribution in [0.5, 0.6) is 0 Å². The van der Waals surface area contributed by atoms with Crippen LogP contribution in [0.1, 0.15) is 161 Å². The summed E-state index contributed by atoms with van der Waals surface area (Å²) in [4.78, 5) is 13.6. The normalized spacial score (nSPS) is 25.6. The highest BCUT2D eigenvalue weighted by atomic mass is 16.1. The highest BCUT2D eigenvalue weighted by Crippen LogP contribution is 2.50. The topological polar surface area (TPSA) is 17.1 Å². The lowest BCUT2D eigenvalue weighted by molar-refractivity contribution is -0.114. The van der Waals surface area contributed by atoms with Gasteiger partial charge in [0.1, 0.15) is 6.29 Å². The minimum Gasteiger partial charge on any atom is -0.302 e. The number of allylic oxidation sites excluding steroid dienone is 6. The molecule has 0 aliphatic heterocycles. The maximum Gasteiger partial charge on any atom is 0.134 e. The second-order valence-corrected chi connectivity index (χ2v) is 11.9. The Bertz CT molecular complexity index is 659. The molecule has 0 bridgehead atoms. The summed E-state index contributed by atoms with van der Waals surface area (Å²) in [5, 5.41) is 0. The van der Waals surface area contributed by atoms with Crippen molar-refractivity contribution in [3.05, 3.63) is 34.9 Å². The molecule has 0 N–H and O–H groups in total. The van der Waals surface area contributed by atoms with Crippen molar-refractivity contribution in [2.75, 3.05) is 0 Å². The SMILES string of the molecule is CC(C1=CCCCCCCCC1)C(C=O)(C1=CCCCCCCCC1)C1=CCCCCCCCC1. The molecular formula is C34H56O. The summed E-state index contributed by atoms with van der Waals surface area (Å²) in [5.41, 5.74) is 4.16. The van der Waals surface area contributed by atoms with Gasteiger partial charge in [0, 0.05) is 0 Å². The number of hydrogen-bond donors (Lipinski definition) is 0. The summed E-state index contributed by atoms with van der Waals surface area (Å²) in [6.07, 6.45) is 40.1. The monoisotopic (exact) mass is 480 g/mol. The molecule has 3 aliphatic rings. The van der Waals surface area contributed by atoms with Crippen LogP contribution >= 0.6 is 0 Å². The zero-order valence-electron chi connectivity index (χ0n) is 23.3. The van der Waals surface area contributed by atoms with E-state index in [1.54, 1.807) is 5.57 Å². The van der Waals surface area contributed by atoms with E-state index in [0.29, 0.717) is 5.92 Å². The molecule has 0 aromatic rings. The van der Waals surface area contributed by atoms with Crippen molar-refractivity contribution < 1.29 is 4.79 Å². The summed E-state index contributed by atoms with van der Waals surface area (Å²) >= 11 is 0. The fraction of sp³-hybridized carbons (Fsp3) is 0.794. The van der Waals surface area contributed by atoms with E-state index < -0.39 is 5.41 Å². The summed E-state index contributed by atoms with van der Waals surface area (Å²) in [6.45, 7) is 2.44. The molecule has 35 heavy (non-hydrogen) atoms. The Hall–Kier alpha value is -1.11. The van der Waals surface area contributed by atoms with Crippen LogP contribution in [-0.4, -0.2) is 6.29 Å². The molecule has 0 saturated carbocycles. The van der Waals surface area contributed by atoms with E-state index in [4.69, 9.17) is 0 Å². The van der Waals surface area contributed by atoms with Gasteiger partial charge in [-0.3, -0.25) is 0 Å². The number of carbonyl (C=O) groups excluding carboxylic acids is 1. The third kappa shape index (κ3) is 8.75. The van der Waals surface area contributed by atoms with Gasteiger partial charge >= 0.3 is 0 Å². The molecule has 0 heterocycles. The van der Waals surface area contributed by atoms with Crippen LogP contribution in [0.2, 0.25) is 0 Å². The van der Waals surface area contributed by atoms with Crippen LogP contribution in [0.15, 0.2) is 34.9 Å². The third-order valence-electron chi connectivity index (χ3n) is 9.40. The van der Waals surface area contributed by atoms with Crippen molar-refractivity contribution in [2.45, 2.75) is 161 Å². The van der Waals surface area contributed by atoms with E-state index in [2.05, 4.69) is 25.2 Å². The summed E-state index contributed by atoms with van der Waals surface area (Å²) in [5.74, 6) is 0.294. The average molecular weight is 481 g/mol. The Morgan fingerprint density at radius 1 is 0.543 bits per heavy atom. The Morgan fingerprint density at radius 3 is 1.37 bits per heavy atom. The number of rotatable bonds is 5. The van der Waals surface area contributed by atoms with Crippen molar-refractivity contribution in [3.63, 3.8) is 0 Å². The first kappa shape index (κ1) is 28.5. The smallest absolute Gasteiger partial charge is 0.134 e. The van der Waals surface area contributed by atoms with E-state index in [0.717, 1.165) is 25.7 Å². The van der Waals surface area contributed by atoms with E-state index in [1.807, 2.05) is 0 Å². The molecule has 0 amide bonds. The Kier molecular flexibility index (Phi) is 13.5. The lowest BCUT2D eigenvalue weighted by Crippen LogP contribution is -2.37. The fourth-order valence-corrected chi connectivity index (χ4v) is 7.11. The number of carbonyl (C=O) groups is 1. The second-order valence-electron chi connectivity index (χ2n) is 11.9. The molecule has 0 saturated heterocycles. The molecule has 0 aromatic carbocycles. The van der Waals surface area contributed by atoms with E-state index >= 15 is 0 Å². The van der Waals surface area contributed by atoms with Crippen LogP contribution in [-0.2, 0) is 4.79 Å². The van der Waals surface area contributed by atoms with Crippen molar-refractivity contribution in [1.29, 1.82) is 0 Å². The lowest BCUT2D eigenvalue weighted by atomic mass is 9.61. The molecular weight excluding hydrogens is 424 g/mol. The predicted octanol–water partition coefficient (Wildman–Crippen LogP) is 11.0. The Morgan fingerprint density at radius 2 is 0.914 bits per heavy atom. The zero-order chi connectivity index (χ0) is 24.6. The van der Waals surface area contributed by atoms with Crippen LogP contribution in [0.4, 0.5) is 0 Å². The summed E-state index contributed by atoms with van der Waals surface area (Å²) < 4.78 is 0. The predicted molar refractivity (Wildman–Crippen MR) is 153 cm³/mol. The number of aldehydes is 1. The van der Waals surface area contributed by atoms with Gasteiger partial charge in [-0.2, -0.15) is 0 Å². The minimum absolute atomic E-state index is 0.294. The van der Waals surface area contributed by atoms with Crippen LogP contribution in [0.25, 0.3) is 0 Å². The van der Waals surface area contributed by atoms with Gasteiger partial charge in [-0.25, -0.2) is 0 Å². The van der Waals surface area contributed by atoms with Gasteiger partial charge in [0.05, 0.1) is 5.41 Å². The molecule has 0 spiro atoms. The van der Waals surface area contributed by atoms with E-state index in [9.17, 15) is 4.79 Å². The fourth-order valence-electron chi connectivity index (χ4n) is 7.11. The first-order valence-corrected chi connectivity index (χ1v) is 15.8. The van der Waals surface area contributed by atoms with Crippen molar-refractivity contribution in [2.24, 2.45) is 11.3 Å². The van der Waals surface area contributed by atoms with Gasteiger partial charge in [0.15, 0.2) is 0 Å². The molecule has 198 valence electrons. The third-order valence-corrected chi connectivity index (χ3v) is 9.40. The van der Waals surface area contributed by atoms with E-state index in [-0.39, 0.29) is 0 Å². The van der Waals surface area contributed by atoms with Gasteiger partial charge in [0.25, 0.3) is 0 Å². The largest absolute Gasteiger partial charge is 0.302 e. The molecule has 0 radical (unpaired) electrons. The Balaban J connectivity index is 2.03. The highest BCUT2D eigenvalue weighted by Gasteiger charge is 2.43. The van der Waals surface area contributed by atoms with Crippen LogP contribution in [0, 0.1) is 11.3 Å².